The second-order valence-electron chi connectivity index (χ2n) is 5.46. The number of hydrogen-bond donors (Lipinski definition) is 1. The molecule has 2 rings (SSSR count). The van der Waals surface area contributed by atoms with Crippen molar-refractivity contribution in [2.75, 3.05) is 20.1 Å². The van der Waals surface area contributed by atoms with Crippen LogP contribution in [-0.4, -0.2) is 37.1 Å². The molecule has 15 heavy (non-hydrogen) atoms. The minimum atomic E-state index is 0.795. The third-order valence-electron chi connectivity index (χ3n) is 4.29. The summed E-state index contributed by atoms with van der Waals surface area (Å²) < 4.78 is 0. The van der Waals surface area contributed by atoms with Crippen LogP contribution in [0.3, 0.4) is 0 Å². The summed E-state index contributed by atoms with van der Waals surface area (Å²) in [4.78, 5) is 2.63. The quantitative estimate of drug-likeness (QED) is 0.749. The van der Waals surface area contributed by atoms with Crippen LogP contribution in [-0.2, 0) is 0 Å². The molecular formula is C13H26N2. The average Bonchev–Trinajstić information content (AvgIpc) is 2.60. The molecule has 0 radical (unpaired) electrons. The lowest BCUT2D eigenvalue weighted by Crippen LogP contribution is -2.37. The fourth-order valence-corrected chi connectivity index (χ4v) is 3.06. The van der Waals surface area contributed by atoms with Crippen LogP contribution in [0.15, 0.2) is 0 Å². The molecule has 0 heterocycles. The van der Waals surface area contributed by atoms with Gasteiger partial charge in [-0.1, -0.05) is 13.3 Å². The Hall–Kier alpha value is -0.0800. The van der Waals surface area contributed by atoms with Crippen molar-refractivity contribution < 1.29 is 0 Å². The first kappa shape index (κ1) is 11.4. The summed E-state index contributed by atoms with van der Waals surface area (Å²) in [5.74, 6) is 1.02. The standard InChI is InChI=1S/C13H26N2/c1-3-14-12-7-8-13(9-12)15(2)10-11-5-4-6-11/h11-14H,3-10H2,1-2H3. The molecule has 0 aromatic rings. The molecule has 88 valence electrons. The number of hydrogen-bond acceptors (Lipinski definition) is 2. The molecular weight excluding hydrogens is 184 g/mol. The van der Waals surface area contributed by atoms with Crippen LogP contribution >= 0.6 is 0 Å². The maximum Gasteiger partial charge on any atom is 0.0108 e. The third-order valence-corrected chi connectivity index (χ3v) is 4.29. The van der Waals surface area contributed by atoms with Gasteiger partial charge in [0.05, 0.1) is 0 Å². The molecule has 0 spiro atoms. The van der Waals surface area contributed by atoms with E-state index in [1.807, 2.05) is 0 Å². The number of nitrogens with one attached hydrogen (secondary N) is 1. The lowest BCUT2D eigenvalue weighted by Gasteiger charge is -2.33. The van der Waals surface area contributed by atoms with Gasteiger partial charge in [0.25, 0.3) is 0 Å². The molecule has 2 atom stereocenters. The summed E-state index contributed by atoms with van der Waals surface area (Å²) in [7, 11) is 2.33. The van der Waals surface area contributed by atoms with Crippen LogP contribution in [0.5, 0.6) is 0 Å². The first-order valence-corrected chi connectivity index (χ1v) is 6.73. The third kappa shape index (κ3) is 2.94. The minimum Gasteiger partial charge on any atom is -0.314 e. The second kappa shape index (κ2) is 5.31. The van der Waals surface area contributed by atoms with Gasteiger partial charge in [0.1, 0.15) is 0 Å². The van der Waals surface area contributed by atoms with E-state index in [0.29, 0.717) is 0 Å². The highest BCUT2D eigenvalue weighted by molar-refractivity contribution is 4.86. The highest BCUT2D eigenvalue weighted by atomic mass is 15.1. The maximum absolute atomic E-state index is 3.58. The predicted molar refractivity (Wildman–Crippen MR) is 65.1 cm³/mol. The van der Waals surface area contributed by atoms with Gasteiger partial charge < -0.3 is 10.2 Å². The molecule has 2 heteroatoms. The lowest BCUT2D eigenvalue weighted by molar-refractivity contribution is 0.162. The van der Waals surface area contributed by atoms with Crippen molar-refractivity contribution in [1.29, 1.82) is 0 Å². The molecule has 2 aliphatic carbocycles. The maximum atomic E-state index is 3.58. The lowest BCUT2D eigenvalue weighted by atomic mass is 9.85. The Morgan fingerprint density at radius 2 is 2.00 bits per heavy atom. The van der Waals surface area contributed by atoms with Gasteiger partial charge >= 0.3 is 0 Å². The highest BCUT2D eigenvalue weighted by Crippen LogP contribution is 2.30. The van der Waals surface area contributed by atoms with Crippen molar-refractivity contribution >= 4 is 0 Å². The van der Waals surface area contributed by atoms with E-state index in [-0.39, 0.29) is 0 Å². The summed E-state index contributed by atoms with van der Waals surface area (Å²) >= 11 is 0. The summed E-state index contributed by atoms with van der Waals surface area (Å²) in [6.45, 7) is 4.69. The van der Waals surface area contributed by atoms with Crippen molar-refractivity contribution in [2.24, 2.45) is 5.92 Å². The zero-order valence-corrected chi connectivity index (χ0v) is 10.3. The fraction of sp³-hybridized carbons (Fsp3) is 1.00. The Morgan fingerprint density at radius 3 is 2.60 bits per heavy atom. The Balaban J connectivity index is 1.69. The first-order valence-electron chi connectivity index (χ1n) is 6.73. The Morgan fingerprint density at radius 1 is 1.20 bits per heavy atom. The number of rotatable bonds is 5. The van der Waals surface area contributed by atoms with E-state index in [1.165, 1.54) is 45.1 Å². The van der Waals surface area contributed by atoms with Gasteiger partial charge in [-0.3, -0.25) is 0 Å². The minimum absolute atomic E-state index is 0.795. The summed E-state index contributed by atoms with van der Waals surface area (Å²) in [5.41, 5.74) is 0. The zero-order valence-electron chi connectivity index (χ0n) is 10.3. The van der Waals surface area contributed by atoms with Crippen LogP contribution in [0.2, 0.25) is 0 Å². The fourth-order valence-electron chi connectivity index (χ4n) is 3.06. The van der Waals surface area contributed by atoms with Crippen LogP contribution in [0.4, 0.5) is 0 Å². The van der Waals surface area contributed by atoms with Gasteiger partial charge in [-0.05, 0) is 51.6 Å². The molecule has 0 saturated heterocycles. The molecule has 0 amide bonds. The molecule has 2 nitrogen and oxygen atoms in total. The zero-order chi connectivity index (χ0) is 10.7. The van der Waals surface area contributed by atoms with Gasteiger partial charge in [-0.15, -0.1) is 0 Å². The summed E-state index contributed by atoms with van der Waals surface area (Å²) in [6, 6.07) is 1.65. The average molecular weight is 210 g/mol. The van der Waals surface area contributed by atoms with E-state index >= 15 is 0 Å². The topological polar surface area (TPSA) is 15.3 Å². The summed E-state index contributed by atoms with van der Waals surface area (Å²) in [6.07, 6.45) is 8.59. The molecule has 1 N–H and O–H groups in total. The molecule has 0 aromatic carbocycles. The van der Waals surface area contributed by atoms with E-state index in [1.54, 1.807) is 0 Å². The van der Waals surface area contributed by atoms with Crippen LogP contribution in [0.25, 0.3) is 0 Å². The Bertz CT molecular complexity index is 189. The Labute approximate surface area is 94.4 Å². The smallest absolute Gasteiger partial charge is 0.0108 e. The van der Waals surface area contributed by atoms with Gasteiger partial charge in [-0.25, -0.2) is 0 Å². The summed E-state index contributed by atoms with van der Waals surface area (Å²) in [5, 5.41) is 3.58. The molecule has 0 bridgehead atoms. The SMILES string of the molecule is CCNC1CCC(N(C)CC2CCC2)C1. The van der Waals surface area contributed by atoms with Gasteiger partial charge in [0, 0.05) is 18.6 Å². The highest BCUT2D eigenvalue weighted by Gasteiger charge is 2.29. The normalized spacial score (nSPS) is 32.2. The van der Waals surface area contributed by atoms with E-state index in [0.717, 1.165) is 24.5 Å². The van der Waals surface area contributed by atoms with Gasteiger partial charge in [0.15, 0.2) is 0 Å². The molecule has 2 saturated carbocycles. The number of nitrogens with zero attached hydrogens (tertiary/aromatic N) is 1. The van der Waals surface area contributed by atoms with Crippen molar-refractivity contribution in [3.63, 3.8) is 0 Å². The molecule has 2 aliphatic rings. The van der Waals surface area contributed by atoms with Crippen molar-refractivity contribution in [1.82, 2.24) is 10.2 Å². The van der Waals surface area contributed by atoms with E-state index in [4.69, 9.17) is 0 Å². The molecule has 0 aromatic heterocycles. The monoisotopic (exact) mass is 210 g/mol. The molecule has 2 unspecified atom stereocenters. The van der Waals surface area contributed by atoms with Gasteiger partial charge in [0.2, 0.25) is 0 Å². The molecule has 0 aliphatic heterocycles. The van der Waals surface area contributed by atoms with Crippen LogP contribution in [0, 0.1) is 5.92 Å². The van der Waals surface area contributed by atoms with Crippen molar-refractivity contribution in [3.05, 3.63) is 0 Å². The second-order valence-corrected chi connectivity index (χ2v) is 5.46. The van der Waals surface area contributed by atoms with Crippen molar-refractivity contribution in [2.45, 2.75) is 57.5 Å². The van der Waals surface area contributed by atoms with Gasteiger partial charge in [-0.2, -0.15) is 0 Å². The van der Waals surface area contributed by atoms with E-state index in [2.05, 4.69) is 24.2 Å². The van der Waals surface area contributed by atoms with Crippen LogP contribution in [0.1, 0.15) is 45.4 Å². The largest absolute Gasteiger partial charge is 0.314 e. The Kier molecular flexibility index (Phi) is 4.04. The van der Waals surface area contributed by atoms with Crippen molar-refractivity contribution in [3.8, 4) is 0 Å². The van der Waals surface area contributed by atoms with E-state index < -0.39 is 0 Å². The predicted octanol–water partition coefficient (Wildman–Crippen LogP) is 2.25. The first-order chi connectivity index (χ1) is 7.29. The van der Waals surface area contributed by atoms with Crippen LogP contribution < -0.4 is 5.32 Å². The molecule has 2 fully saturated rings. The van der Waals surface area contributed by atoms with E-state index in [9.17, 15) is 0 Å².